The van der Waals surface area contributed by atoms with Gasteiger partial charge in [-0.25, -0.2) is 0 Å². The minimum absolute atomic E-state index is 0.118. The Bertz CT molecular complexity index is 572. The lowest BCUT2D eigenvalue weighted by Gasteiger charge is -2.07. The summed E-state index contributed by atoms with van der Waals surface area (Å²) >= 11 is 11.6. The standard InChI is InChI=1S/C10H8Cl2N4O2/c11-7-1-9(10(16(17)18)2-8(7)12)13-3-6-4-14-15-5-6/h1-2,4-5,13H,3H2,(H,14,15). The van der Waals surface area contributed by atoms with Crippen molar-refractivity contribution in [1.82, 2.24) is 10.2 Å². The number of aromatic amines is 1. The van der Waals surface area contributed by atoms with Gasteiger partial charge in [-0.3, -0.25) is 15.2 Å². The quantitative estimate of drug-likeness (QED) is 0.668. The van der Waals surface area contributed by atoms with Crippen LogP contribution in [-0.2, 0) is 6.54 Å². The highest BCUT2D eigenvalue weighted by atomic mass is 35.5. The van der Waals surface area contributed by atoms with Gasteiger partial charge in [0.15, 0.2) is 0 Å². The van der Waals surface area contributed by atoms with Crippen LogP contribution in [0.5, 0.6) is 0 Å². The summed E-state index contributed by atoms with van der Waals surface area (Å²) in [6.07, 6.45) is 3.31. The summed E-state index contributed by atoms with van der Waals surface area (Å²) in [5.74, 6) is 0. The first-order chi connectivity index (χ1) is 8.58. The zero-order valence-electron chi connectivity index (χ0n) is 8.98. The maximum absolute atomic E-state index is 10.9. The van der Waals surface area contributed by atoms with Crippen molar-refractivity contribution in [1.29, 1.82) is 0 Å². The Morgan fingerprint density at radius 2 is 2.11 bits per heavy atom. The molecule has 2 rings (SSSR count). The molecule has 0 amide bonds. The van der Waals surface area contributed by atoms with Gasteiger partial charge in [0.1, 0.15) is 5.69 Å². The van der Waals surface area contributed by atoms with Crippen LogP contribution in [0.4, 0.5) is 11.4 Å². The van der Waals surface area contributed by atoms with Crippen molar-refractivity contribution in [2.45, 2.75) is 6.54 Å². The van der Waals surface area contributed by atoms with Crippen LogP contribution in [0.25, 0.3) is 0 Å². The molecule has 0 unspecified atom stereocenters. The number of hydrogen-bond acceptors (Lipinski definition) is 4. The lowest BCUT2D eigenvalue weighted by atomic mass is 10.2. The second-order valence-corrected chi connectivity index (χ2v) is 4.32. The van der Waals surface area contributed by atoms with Gasteiger partial charge in [0.25, 0.3) is 5.69 Å². The number of nitro groups is 1. The molecule has 0 aliphatic heterocycles. The third-order valence-corrected chi connectivity index (χ3v) is 3.00. The van der Waals surface area contributed by atoms with Gasteiger partial charge in [-0.15, -0.1) is 0 Å². The van der Waals surface area contributed by atoms with Gasteiger partial charge in [-0.1, -0.05) is 23.2 Å². The van der Waals surface area contributed by atoms with E-state index in [0.29, 0.717) is 12.2 Å². The van der Waals surface area contributed by atoms with Crippen LogP contribution in [0.2, 0.25) is 10.0 Å². The van der Waals surface area contributed by atoms with Gasteiger partial charge < -0.3 is 5.32 Å². The Balaban J connectivity index is 2.25. The van der Waals surface area contributed by atoms with Gasteiger partial charge >= 0.3 is 0 Å². The third kappa shape index (κ3) is 2.72. The van der Waals surface area contributed by atoms with E-state index in [1.807, 2.05) is 0 Å². The van der Waals surface area contributed by atoms with E-state index in [1.54, 1.807) is 12.4 Å². The number of rotatable bonds is 4. The topological polar surface area (TPSA) is 83.8 Å². The first kappa shape index (κ1) is 12.7. The monoisotopic (exact) mass is 286 g/mol. The first-order valence-electron chi connectivity index (χ1n) is 4.93. The van der Waals surface area contributed by atoms with E-state index in [-0.39, 0.29) is 15.7 Å². The molecule has 0 spiro atoms. The van der Waals surface area contributed by atoms with Crippen molar-refractivity contribution in [2.75, 3.05) is 5.32 Å². The maximum atomic E-state index is 10.9. The average Bonchev–Trinajstić information content (AvgIpc) is 2.83. The van der Waals surface area contributed by atoms with E-state index in [1.165, 1.54) is 12.1 Å². The van der Waals surface area contributed by atoms with Gasteiger partial charge in [0.2, 0.25) is 0 Å². The minimum Gasteiger partial charge on any atom is -0.375 e. The normalized spacial score (nSPS) is 10.3. The highest BCUT2D eigenvalue weighted by Gasteiger charge is 2.16. The van der Waals surface area contributed by atoms with Crippen LogP contribution in [0.3, 0.4) is 0 Å². The highest BCUT2D eigenvalue weighted by Crippen LogP contribution is 2.34. The number of aromatic nitrogens is 2. The van der Waals surface area contributed by atoms with Crippen LogP contribution in [0.1, 0.15) is 5.56 Å². The summed E-state index contributed by atoms with van der Waals surface area (Å²) in [7, 11) is 0. The molecule has 94 valence electrons. The zero-order chi connectivity index (χ0) is 13.1. The molecule has 1 aromatic heterocycles. The summed E-state index contributed by atoms with van der Waals surface area (Å²) < 4.78 is 0. The molecule has 0 saturated carbocycles. The fourth-order valence-electron chi connectivity index (χ4n) is 1.40. The molecular formula is C10H8Cl2N4O2. The van der Waals surface area contributed by atoms with E-state index >= 15 is 0 Å². The van der Waals surface area contributed by atoms with Gasteiger partial charge in [0, 0.05) is 24.4 Å². The number of halogens is 2. The number of anilines is 1. The molecule has 2 aromatic rings. The van der Waals surface area contributed by atoms with Crippen LogP contribution in [0, 0.1) is 10.1 Å². The molecule has 0 aliphatic carbocycles. The predicted octanol–water partition coefficient (Wildman–Crippen LogP) is 3.24. The van der Waals surface area contributed by atoms with Crippen LogP contribution >= 0.6 is 23.2 Å². The molecule has 6 nitrogen and oxygen atoms in total. The Hall–Kier alpha value is -1.79. The number of nitrogens with one attached hydrogen (secondary N) is 2. The molecule has 0 radical (unpaired) electrons. The molecule has 0 bridgehead atoms. The summed E-state index contributed by atoms with van der Waals surface area (Å²) in [5, 5.41) is 20.7. The third-order valence-electron chi connectivity index (χ3n) is 2.27. The highest BCUT2D eigenvalue weighted by molar-refractivity contribution is 6.42. The molecule has 8 heteroatoms. The predicted molar refractivity (Wildman–Crippen MR) is 69.0 cm³/mol. The van der Waals surface area contributed by atoms with Crippen molar-refractivity contribution < 1.29 is 4.92 Å². The molecule has 0 aliphatic rings. The van der Waals surface area contributed by atoms with Crippen LogP contribution in [-0.4, -0.2) is 15.1 Å². The summed E-state index contributed by atoms with van der Waals surface area (Å²) in [6, 6.07) is 2.66. The van der Waals surface area contributed by atoms with Gasteiger partial charge in [-0.2, -0.15) is 5.10 Å². The first-order valence-corrected chi connectivity index (χ1v) is 5.68. The molecule has 0 atom stereocenters. The largest absolute Gasteiger partial charge is 0.375 e. The Morgan fingerprint density at radius 3 is 2.72 bits per heavy atom. The lowest BCUT2D eigenvalue weighted by Crippen LogP contribution is -2.02. The second-order valence-electron chi connectivity index (χ2n) is 3.50. The maximum Gasteiger partial charge on any atom is 0.293 e. The molecule has 2 N–H and O–H groups in total. The summed E-state index contributed by atoms with van der Waals surface area (Å²) in [5.41, 5.74) is 1.07. The second kappa shape index (κ2) is 5.24. The van der Waals surface area contributed by atoms with Crippen LogP contribution < -0.4 is 5.32 Å². The fraction of sp³-hybridized carbons (Fsp3) is 0.100. The van der Waals surface area contributed by atoms with Crippen molar-refractivity contribution >= 4 is 34.6 Å². The number of benzene rings is 1. The van der Waals surface area contributed by atoms with E-state index in [4.69, 9.17) is 23.2 Å². The van der Waals surface area contributed by atoms with E-state index in [9.17, 15) is 10.1 Å². The van der Waals surface area contributed by atoms with Gasteiger partial charge in [0.05, 0.1) is 21.2 Å². The lowest BCUT2D eigenvalue weighted by molar-refractivity contribution is -0.383. The average molecular weight is 287 g/mol. The van der Waals surface area contributed by atoms with E-state index in [0.717, 1.165) is 5.56 Å². The Kier molecular flexibility index (Phi) is 3.69. The number of nitrogens with zero attached hydrogens (tertiary/aromatic N) is 2. The fourth-order valence-corrected chi connectivity index (χ4v) is 1.72. The van der Waals surface area contributed by atoms with Gasteiger partial charge in [-0.05, 0) is 6.07 Å². The van der Waals surface area contributed by atoms with Crippen molar-refractivity contribution in [3.05, 3.63) is 50.2 Å². The van der Waals surface area contributed by atoms with E-state index in [2.05, 4.69) is 15.5 Å². The van der Waals surface area contributed by atoms with Crippen LogP contribution in [0.15, 0.2) is 24.5 Å². The Morgan fingerprint density at radius 1 is 1.39 bits per heavy atom. The Labute approximate surface area is 112 Å². The number of H-pyrrole nitrogens is 1. The van der Waals surface area contributed by atoms with E-state index < -0.39 is 4.92 Å². The number of hydrogen-bond donors (Lipinski definition) is 2. The molecule has 1 aromatic carbocycles. The van der Waals surface area contributed by atoms with Crippen molar-refractivity contribution in [2.24, 2.45) is 0 Å². The van der Waals surface area contributed by atoms with Crippen molar-refractivity contribution in [3.8, 4) is 0 Å². The molecule has 0 saturated heterocycles. The van der Waals surface area contributed by atoms with Crippen molar-refractivity contribution in [3.63, 3.8) is 0 Å². The SMILES string of the molecule is O=[N+]([O-])c1cc(Cl)c(Cl)cc1NCc1cn[nH]c1. The summed E-state index contributed by atoms with van der Waals surface area (Å²) in [4.78, 5) is 10.4. The molecule has 18 heavy (non-hydrogen) atoms. The molecular weight excluding hydrogens is 279 g/mol. The smallest absolute Gasteiger partial charge is 0.293 e. The number of nitro benzene ring substituents is 1. The minimum atomic E-state index is -0.514. The molecule has 1 heterocycles. The summed E-state index contributed by atoms with van der Waals surface area (Å²) in [6.45, 7) is 0.398. The molecule has 0 fully saturated rings. The zero-order valence-corrected chi connectivity index (χ0v) is 10.5.